The van der Waals surface area contributed by atoms with Crippen LogP contribution < -0.4 is 5.32 Å². The Bertz CT molecular complexity index is 285. The van der Waals surface area contributed by atoms with Crippen LogP contribution in [0.5, 0.6) is 0 Å². The number of rotatable bonds is 5. The molecule has 0 unspecified atom stereocenters. The van der Waals surface area contributed by atoms with Gasteiger partial charge in [0.1, 0.15) is 0 Å². The smallest absolute Gasteiger partial charge is 0.248 e. The highest BCUT2D eigenvalue weighted by molar-refractivity contribution is 5.78. The third kappa shape index (κ3) is 5.07. The van der Waals surface area contributed by atoms with Crippen molar-refractivity contribution in [2.75, 3.05) is 6.54 Å². The second kappa shape index (κ2) is 6.67. The van der Waals surface area contributed by atoms with Gasteiger partial charge < -0.3 is 5.32 Å². The summed E-state index contributed by atoms with van der Waals surface area (Å²) in [6.45, 7) is 9.26. The number of carbonyl (C=O) groups excluding carboxylic acids is 1. The Morgan fingerprint density at radius 2 is 1.63 bits per heavy atom. The first kappa shape index (κ1) is 16.4. The predicted octanol–water partition coefficient (Wildman–Crippen LogP) is 3.86. The molecule has 0 aliphatic heterocycles. The van der Waals surface area contributed by atoms with Crippen LogP contribution in [0, 0.1) is 23.7 Å². The fourth-order valence-corrected chi connectivity index (χ4v) is 2.91. The van der Waals surface area contributed by atoms with Crippen LogP contribution in [0.3, 0.4) is 0 Å². The summed E-state index contributed by atoms with van der Waals surface area (Å²) in [5.74, 6) is -1.36. The molecule has 0 aromatic carbocycles. The SMILES string of the molecule is CC(C)C(CNC(=O)C1CCC(F)(F)CC1)C(C)C. The van der Waals surface area contributed by atoms with E-state index in [0.717, 1.165) is 0 Å². The molecule has 1 rings (SSSR count). The van der Waals surface area contributed by atoms with Crippen molar-refractivity contribution in [1.29, 1.82) is 0 Å². The molecule has 1 aliphatic rings. The van der Waals surface area contributed by atoms with Crippen molar-refractivity contribution in [3.63, 3.8) is 0 Å². The lowest BCUT2D eigenvalue weighted by molar-refractivity contribution is -0.129. The summed E-state index contributed by atoms with van der Waals surface area (Å²) in [6.07, 6.45) is 0.325. The Morgan fingerprint density at radius 1 is 1.16 bits per heavy atom. The van der Waals surface area contributed by atoms with E-state index in [9.17, 15) is 13.6 Å². The predicted molar refractivity (Wildman–Crippen MR) is 73.1 cm³/mol. The molecule has 0 atom stereocenters. The van der Waals surface area contributed by atoms with E-state index >= 15 is 0 Å². The minimum Gasteiger partial charge on any atom is -0.356 e. The maximum Gasteiger partial charge on any atom is 0.248 e. The average Bonchev–Trinajstić information content (AvgIpc) is 2.27. The van der Waals surface area contributed by atoms with Gasteiger partial charge in [-0.15, -0.1) is 0 Å². The maximum atomic E-state index is 13.0. The molecule has 1 aliphatic carbocycles. The summed E-state index contributed by atoms with van der Waals surface area (Å²) in [5.41, 5.74) is 0. The van der Waals surface area contributed by atoms with Gasteiger partial charge in [0.25, 0.3) is 0 Å². The molecule has 112 valence electrons. The number of hydrogen-bond donors (Lipinski definition) is 1. The van der Waals surface area contributed by atoms with Gasteiger partial charge >= 0.3 is 0 Å². The van der Waals surface area contributed by atoms with Gasteiger partial charge in [-0.1, -0.05) is 27.7 Å². The average molecular weight is 275 g/mol. The van der Waals surface area contributed by atoms with Gasteiger partial charge in [0.2, 0.25) is 11.8 Å². The quantitative estimate of drug-likeness (QED) is 0.811. The summed E-state index contributed by atoms with van der Waals surface area (Å²) in [7, 11) is 0. The van der Waals surface area contributed by atoms with E-state index in [1.54, 1.807) is 0 Å². The largest absolute Gasteiger partial charge is 0.356 e. The second-order valence-corrected chi connectivity index (χ2v) is 6.53. The van der Waals surface area contributed by atoms with Crippen LogP contribution in [-0.2, 0) is 4.79 Å². The summed E-state index contributed by atoms with van der Waals surface area (Å²) < 4.78 is 26.1. The molecule has 0 radical (unpaired) electrons. The summed E-state index contributed by atoms with van der Waals surface area (Å²) >= 11 is 0. The monoisotopic (exact) mass is 275 g/mol. The Labute approximate surface area is 115 Å². The topological polar surface area (TPSA) is 29.1 Å². The Morgan fingerprint density at radius 3 is 2.05 bits per heavy atom. The maximum absolute atomic E-state index is 13.0. The van der Waals surface area contributed by atoms with Gasteiger partial charge in [-0.05, 0) is 30.6 Å². The lowest BCUT2D eigenvalue weighted by Crippen LogP contribution is -2.39. The van der Waals surface area contributed by atoms with E-state index in [-0.39, 0.29) is 24.7 Å². The number of halogens is 2. The minimum atomic E-state index is -2.56. The zero-order chi connectivity index (χ0) is 14.6. The zero-order valence-electron chi connectivity index (χ0n) is 12.5. The number of amides is 1. The zero-order valence-corrected chi connectivity index (χ0v) is 12.5. The molecule has 0 bridgehead atoms. The second-order valence-electron chi connectivity index (χ2n) is 6.53. The van der Waals surface area contributed by atoms with Gasteiger partial charge in [-0.3, -0.25) is 4.79 Å². The van der Waals surface area contributed by atoms with Crippen LogP contribution in [0.1, 0.15) is 53.4 Å². The molecule has 1 fully saturated rings. The first-order valence-electron chi connectivity index (χ1n) is 7.38. The Kier molecular flexibility index (Phi) is 5.75. The van der Waals surface area contributed by atoms with Crippen molar-refractivity contribution in [2.45, 2.75) is 59.3 Å². The lowest BCUT2D eigenvalue weighted by Gasteiger charge is -2.29. The van der Waals surface area contributed by atoms with Gasteiger partial charge in [0, 0.05) is 25.3 Å². The highest BCUT2D eigenvalue weighted by Gasteiger charge is 2.37. The lowest BCUT2D eigenvalue weighted by atomic mass is 9.84. The fourth-order valence-electron chi connectivity index (χ4n) is 2.91. The van der Waals surface area contributed by atoms with Gasteiger partial charge in [-0.25, -0.2) is 8.78 Å². The molecule has 0 aromatic rings. The molecule has 0 aromatic heterocycles. The van der Waals surface area contributed by atoms with Crippen LogP contribution >= 0.6 is 0 Å². The first-order valence-corrected chi connectivity index (χ1v) is 7.38. The van der Waals surface area contributed by atoms with E-state index < -0.39 is 5.92 Å². The van der Waals surface area contributed by atoms with Crippen molar-refractivity contribution in [1.82, 2.24) is 5.32 Å². The van der Waals surface area contributed by atoms with Crippen molar-refractivity contribution < 1.29 is 13.6 Å². The van der Waals surface area contributed by atoms with E-state index in [1.165, 1.54) is 0 Å². The number of carbonyl (C=O) groups is 1. The van der Waals surface area contributed by atoms with Crippen LogP contribution in [0.2, 0.25) is 0 Å². The standard InChI is InChI=1S/C15H27F2NO/c1-10(2)13(11(3)4)9-18-14(19)12-5-7-15(16,17)8-6-12/h10-13H,5-9H2,1-4H3,(H,18,19). The third-order valence-electron chi connectivity index (χ3n) is 4.31. The molecular weight excluding hydrogens is 248 g/mol. The normalized spacial score (nSPS) is 20.3. The van der Waals surface area contributed by atoms with Crippen LogP contribution in [0.25, 0.3) is 0 Å². The fraction of sp³-hybridized carbons (Fsp3) is 0.933. The molecule has 0 heterocycles. The van der Waals surface area contributed by atoms with E-state index in [2.05, 4.69) is 33.0 Å². The molecule has 2 nitrogen and oxygen atoms in total. The summed E-state index contributed by atoms with van der Waals surface area (Å²) in [6, 6.07) is 0. The summed E-state index contributed by atoms with van der Waals surface area (Å²) in [4.78, 5) is 12.0. The first-order chi connectivity index (χ1) is 8.73. The molecule has 1 saturated carbocycles. The van der Waals surface area contributed by atoms with Gasteiger partial charge in [-0.2, -0.15) is 0 Å². The molecule has 19 heavy (non-hydrogen) atoms. The van der Waals surface area contributed by atoms with Gasteiger partial charge in [0.15, 0.2) is 0 Å². The molecule has 1 N–H and O–H groups in total. The van der Waals surface area contributed by atoms with Crippen LogP contribution in [-0.4, -0.2) is 18.4 Å². The molecule has 0 spiro atoms. The van der Waals surface area contributed by atoms with Crippen LogP contribution in [0.4, 0.5) is 8.78 Å². The molecule has 4 heteroatoms. The summed E-state index contributed by atoms with van der Waals surface area (Å²) in [5, 5.41) is 2.96. The van der Waals surface area contributed by atoms with Crippen molar-refractivity contribution >= 4 is 5.91 Å². The Balaban J connectivity index is 2.39. The molecule has 1 amide bonds. The van der Waals surface area contributed by atoms with E-state index in [4.69, 9.17) is 0 Å². The molecular formula is C15H27F2NO. The highest BCUT2D eigenvalue weighted by Crippen LogP contribution is 2.36. The van der Waals surface area contributed by atoms with Crippen molar-refractivity contribution in [3.8, 4) is 0 Å². The number of alkyl halides is 2. The van der Waals surface area contributed by atoms with E-state index in [1.807, 2.05) is 0 Å². The highest BCUT2D eigenvalue weighted by atomic mass is 19.3. The minimum absolute atomic E-state index is 0.0400. The van der Waals surface area contributed by atoms with Crippen molar-refractivity contribution in [2.24, 2.45) is 23.7 Å². The third-order valence-corrected chi connectivity index (χ3v) is 4.31. The van der Waals surface area contributed by atoms with Gasteiger partial charge in [0.05, 0.1) is 0 Å². The Hall–Kier alpha value is -0.670. The van der Waals surface area contributed by atoms with Crippen LogP contribution in [0.15, 0.2) is 0 Å². The molecule has 0 saturated heterocycles. The van der Waals surface area contributed by atoms with E-state index in [0.29, 0.717) is 37.1 Å². The number of nitrogens with one attached hydrogen (secondary N) is 1. The van der Waals surface area contributed by atoms with Crippen molar-refractivity contribution in [3.05, 3.63) is 0 Å². The number of hydrogen-bond acceptors (Lipinski definition) is 1.